The van der Waals surface area contributed by atoms with Crippen LogP contribution >= 0.6 is 0 Å². The van der Waals surface area contributed by atoms with Gasteiger partial charge in [0.2, 0.25) is 11.8 Å². The van der Waals surface area contributed by atoms with Gasteiger partial charge in [0, 0.05) is 24.2 Å². The summed E-state index contributed by atoms with van der Waals surface area (Å²) < 4.78 is 0. The van der Waals surface area contributed by atoms with Crippen molar-refractivity contribution in [1.29, 1.82) is 0 Å². The molecule has 170 valence electrons. The third-order valence-electron chi connectivity index (χ3n) is 6.12. The van der Waals surface area contributed by atoms with Crippen molar-refractivity contribution in [2.24, 2.45) is 0 Å². The first-order valence-corrected chi connectivity index (χ1v) is 11.2. The molecular weight excluding hydrogens is 406 g/mol. The molecule has 2 aromatic rings. The fraction of sp³-hybridized carbons (Fsp3) is 0.440. The number of nitrogens with zero attached hydrogens (tertiary/aromatic N) is 2. The quantitative estimate of drug-likeness (QED) is 0.492. The van der Waals surface area contributed by atoms with Crippen molar-refractivity contribution in [3.63, 3.8) is 0 Å². The maximum Gasteiger partial charge on any atom is 0.273 e. The largest absolute Gasteiger partial charge is 0.352 e. The number of rotatable bonds is 8. The molecule has 0 bridgehead atoms. The summed E-state index contributed by atoms with van der Waals surface area (Å²) in [6, 6.07) is 13.5. The minimum absolute atomic E-state index is 0.0875. The Morgan fingerprint density at radius 2 is 1.75 bits per heavy atom. The van der Waals surface area contributed by atoms with Crippen molar-refractivity contribution in [2.75, 3.05) is 0 Å². The van der Waals surface area contributed by atoms with Crippen LogP contribution in [-0.2, 0) is 22.6 Å². The molecule has 0 aromatic heterocycles. The topological polar surface area (TPSA) is 92.6 Å². The third kappa shape index (κ3) is 6.15. The fourth-order valence-electron chi connectivity index (χ4n) is 4.14. The first-order chi connectivity index (χ1) is 15.3. The number of benzene rings is 2. The lowest BCUT2D eigenvalue weighted by atomic mass is 9.95. The second kappa shape index (κ2) is 10.9. The number of hydrogen-bond donors (Lipinski definition) is 1. The van der Waals surface area contributed by atoms with E-state index in [1.54, 1.807) is 25.1 Å². The molecule has 0 aliphatic heterocycles. The number of aryl methyl sites for hydroxylation is 1. The molecule has 0 spiro atoms. The van der Waals surface area contributed by atoms with E-state index < -0.39 is 11.0 Å². The molecule has 7 heteroatoms. The standard InChI is InChI=1S/C25H31N3O4/c1-18-12-14-20(15-13-18)17-27(19(2)25(30)26-22-9-4-3-5-10-22)24(29)16-21-8-6-7-11-23(21)28(31)32/h6-8,11-15,19,22H,3-5,9-10,16-17H2,1-2H3,(H,26,30)/t19-/m1/s1. The SMILES string of the molecule is Cc1ccc(CN(C(=O)Cc2ccccc2[N+](=O)[O-])[C@H](C)C(=O)NC2CCCCC2)cc1. The van der Waals surface area contributed by atoms with Crippen LogP contribution in [0.15, 0.2) is 48.5 Å². The van der Waals surface area contributed by atoms with Gasteiger partial charge in [0.05, 0.1) is 11.3 Å². The number of carbonyl (C=O) groups excluding carboxylic acids is 2. The summed E-state index contributed by atoms with van der Waals surface area (Å²) in [5.74, 6) is -0.494. The molecule has 0 heterocycles. The molecule has 2 aromatic carbocycles. The van der Waals surface area contributed by atoms with Gasteiger partial charge in [0.25, 0.3) is 5.69 Å². The van der Waals surface area contributed by atoms with Crippen molar-refractivity contribution >= 4 is 17.5 Å². The maximum absolute atomic E-state index is 13.3. The molecule has 1 aliphatic rings. The van der Waals surface area contributed by atoms with Gasteiger partial charge in [-0.2, -0.15) is 0 Å². The third-order valence-corrected chi connectivity index (χ3v) is 6.12. The molecule has 1 aliphatic carbocycles. The molecule has 7 nitrogen and oxygen atoms in total. The van der Waals surface area contributed by atoms with E-state index in [9.17, 15) is 19.7 Å². The highest BCUT2D eigenvalue weighted by molar-refractivity contribution is 5.88. The summed E-state index contributed by atoms with van der Waals surface area (Å²) in [7, 11) is 0. The number of para-hydroxylation sites is 1. The molecule has 1 saturated carbocycles. The minimum Gasteiger partial charge on any atom is -0.352 e. The monoisotopic (exact) mass is 437 g/mol. The zero-order valence-electron chi connectivity index (χ0n) is 18.8. The molecule has 1 N–H and O–H groups in total. The fourth-order valence-corrected chi connectivity index (χ4v) is 4.14. The number of carbonyl (C=O) groups is 2. The molecule has 0 saturated heterocycles. The van der Waals surface area contributed by atoms with E-state index in [-0.39, 0.29) is 36.5 Å². The Kier molecular flexibility index (Phi) is 7.98. The van der Waals surface area contributed by atoms with Crippen molar-refractivity contribution in [1.82, 2.24) is 10.2 Å². The van der Waals surface area contributed by atoms with Gasteiger partial charge in [-0.15, -0.1) is 0 Å². The first kappa shape index (κ1) is 23.4. The normalized spacial score (nSPS) is 15.1. The molecule has 2 amide bonds. The Morgan fingerprint density at radius 3 is 2.41 bits per heavy atom. The van der Waals surface area contributed by atoms with E-state index in [1.807, 2.05) is 31.2 Å². The summed E-state index contributed by atoms with van der Waals surface area (Å²) in [4.78, 5) is 38.8. The molecule has 1 fully saturated rings. The molecular formula is C25H31N3O4. The predicted molar refractivity (Wildman–Crippen MR) is 123 cm³/mol. The molecule has 32 heavy (non-hydrogen) atoms. The van der Waals surface area contributed by atoms with Gasteiger partial charge in [-0.25, -0.2) is 0 Å². The van der Waals surface area contributed by atoms with Gasteiger partial charge >= 0.3 is 0 Å². The second-order valence-electron chi connectivity index (χ2n) is 8.59. The lowest BCUT2D eigenvalue weighted by molar-refractivity contribution is -0.385. The van der Waals surface area contributed by atoms with Crippen LogP contribution < -0.4 is 5.32 Å². The van der Waals surface area contributed by atoms with Crippen LogP contribution in [0, 0.1) is 17.0 Å². The van der Waals surface area contributed by atoms with Crippen LogP contribution in [-0.4, -0.2) is 33.7 Å². The van der Waals surface area contributed by atoms with Crippen molar-refractivity contribution in [2.45, 2.75) is 71.0 Å². The van der Waals surface area contributed by atoms with Crippen LogP contribution in [0.25, 0.3) is 0 Å². The Hall–Kier alpha value is -3.22. The number of nitro benzene ring substituents is 1. The average Bonchev–Trinajstić information content (AvgIpc) is 2.79. The highest BCUT2D eigenvalue weighted by atomic mass is 16.6. The first-order valence-electron chi connectivity index (χ1n) is 11.2. The second-order valence-corrected chi connectivity index (χ2v) is 8.59. The Morgan fingerprint density at radius 1 is 1.09 bits per heavy atom. The number of nitro groups is 1. The van der Waals surface area contributed by atoms with Crippen LogP contribution in [0.2, 0.25) is 0 Å². The van der Waals surface area contributed by atoms with Gasteiger partial charge in [0.15, 0.2) is 0 Å². The predicted octanol–water partition coefficient (Wildman–Crippen LogP) is 4.31. The number of nitrogens with one attached hydrogen (secondary N) is 1. The zero-order chi connectivity index (χ0) is 23.1. The average molecular weight is 438 g/mol. The van der Waals surface area contributed by atoms with E-state index in [0.29, 0.717) is 5.56 Å². The number of hydrogen-bond acceptors (Lipinski definition) is 4. The lowest BCUT2D eigenvalue weighted by Gasteiger charge is -2.31. The lowest BCUT2D eigenvalue weighted by Crippen LogP contribution is -2.50. The van der Waals surface area contributed by atoms with Crippen LogP contribution in [0.3, 0.4) is 0 Å². The smallest absolute Gasteiger partial charge is 0.273 e. The summed E-state index contributed by atoms with van der Waals surface area (Å²) in [6.45, 7) is 3.98. The Balaban J connectivity index is 1.80. The van der Waals surface area contributed by atoms with E-state index in [2.05, 4.69) is 5.32 Å². The van der Waals surface area contributed by atoms with Crippen molar-refractivity contribution in [3.8, 4) is 0 Å². The zero-order valence-corrected chi connectivity index (χ0v) is 18.8. The summed E-state index contributed by atoms with van der Waals surface area (Å²) in [6.07, 6.45) is 5.17. The maximum atomic E-state index is 13.3. The van der Waals surface area contributed by atoms with Crippen LogP contribution in [0.5, 0.6) is 0 Å². The Bertz CT molecular complexity index is 952. The Labute approximate surface area is 189 Å². The highest BCUT2D eigenvalue weighted by Gasteiger charge is 2.29. The van der Waals surface area contributed by atoms with E-state index in [1.165, 1.54) is 17.4 Å². The van der Waals surface area contributed by atoms with Crippen LogP contribution in [0.1, 0.15) is 55.7 Å². The van der Waals surface area contributed by atoms with Gasteiger partial charge < -0.3 is 10.2 Å². The van der Waals surface area contributed by atoms with Gasteiger partial charge in [-0.3, -0.25) is 19.7 Å². The molecule has 3 rings (SSSR count). The minimum atomic E-state index is -0.687. The van der Waals surface area contributed by atoms with Crippen molar-refractivity contribution in [3.05, 3.63) is 75.3 Å². The van der Waals surface area contributed by atoms with Gasteiger partial charge in [-0.05, 0) is 32.3 Å². The summed E-state index contributed by atoms with van der Waals surface area (Å²) >= 11 is 0. The van der Waals surface area contributed by atoms with E-state index >= 15 is 0 Å². The van der Waals surface area contributed by atoms with E-state index in [4.69, 9.17) is 0 Å². The summed E-state index contributed by atoms with van der Waals surface area (Å²) in [5.41, 5.74) is 2.27. The van der Waals surface area contributed by atoms with Gasteiger partial charge in [-0.1, -0.05) is 67.3 Å². The molecule has 0 radical (unpaired) electrons. The van der Waals surface area contributed by atoms with Crippen LogP contribution in [0.4, 0.5) is 5.69 Å². The van der Waals surface area contributed by atoms with Gasteiger partial charge in [0.1, 0.15) is 6.04 Å². The molecule has 1 atom stereocenters. The number of amides is 2. The summed E-state index contributed by atoms with van der Waals surface area (Å²) in [5, 5.41) is 14.5. The highest BCUT2D eigenvalue weighted by Crippen LogP contribution is 2.21. The van der Waals surface area contributed by atoms with E-state index in [0.717, 1.165) is 36.8 Å². The van der Waals surface area contributed by atoms with Crippen molar-refractivity contribution < 1.29 is 14.5 Å². The molecule has 0 unspecified atom stereocenters.